The van der Waals surface area contributed by atoms with Crippen molar-refractivity contribution in [2.45, 2.75) is 118 Å². The Balaban J connectivity index is 1.42. The van der Waals surface area contributed by atoms with E-state index in [1.165, 1.54) is 6.92 Å². The van der Waals surface area contributed by atoms with Gasteiger partial charge in [-0.15, -0.1) is 0 Å². The second-order valence-electron chi connectivity index (χ2n) is 10.9. The minimum atomic E-state index is -2.17. The molecular formula is C24H38O21. The zero-order chi connectivity index (χ0) is 33.5. The van der Waals surface area contributed by atoms with E-state index in [9.17, 15) is 66.1 Å². The van der Waals surface area contributed by atoms with Crippen molar-refractivity contribution in [1.82, 2.24) is 0 Å². The van der Waals surface area contributed by atoms with Crippen LogP contribution in [0.2, 0.25) is 0 Å². The number of carbonyl (C=O) groups is 1. The molecule has 21 nitrogen and oxygen atoms in total. The van der Waals surface area contributed by atoms with Gasteiger partial charge in [0.15, 0.2) is 24.6 Å². The lowest BCUT2D eigenvalue weighted by Gasteiger charge is -2.48. The van der Waals surface area contributed by atoms with Crippen molar-refractivity contribution in [3.8, 4) is 0 Å². The molecule has 13 N–H and O–H groups in total. The minimum absolute atomic E-state index is 0.760. The molecule has 0 bridgehead atoms. The molecule has 0 aliphatic carbocycles. The van der Waals surface area contributed by atoms with E-state index in [0.717, 1.165) is 0 Å². The Kier molecular flexibility index (Phi) is 11.6. The second kappa shape index (κ2) is 14.5. The number of rotatable bonds is 9. The average molecular weight is 663 g/mol. The highest BCUT2D eigenvalue weighted by atomic mass is 16.8. The van der Waals surface area contributed by atoms with E-state index in [1.54, 1.807) is 0 Å². The Hall–Kier alpha value is -1.87. The fourth-order valence-corrected chi connectivity index (χ4v) is 5.29. The van der Waals surface area contributed by atoms with Gasteiger partial charge in [-0.3, -0.25) is 0 Å². The summed E-state index contributed by atoms with van der Waals surface area (Å²) < 4.78 is 37.2. The third-order valence-electron chi connectivity index (χ3n) is 7.86. The summed E-state index contributed by atoms with van der Waals surface area (Å²) in [6.07, 6.45) is -32.2. The third-order valence-corrected chi connectivity index (χ3v) is 7.86. The van der Waals surface area contributed by atoms with Gasteiger partial charge in [-0.05, 0) is 6.92 Å². The topological polar surface area (TPSA) is 345 Å². The minimum Gasteiger partial charge on any atom is -0.506 e. The predicted octanol–water partition coefficient (Wildman–Crippen LogP) is -7.59. The number of ether oxygens (including phenoxy) is 7. The lowest BCUT2D eigenvalue weighted by Crippen LogP contribution is -2.66. The van der Waals surface area contributed by atoms with Gasteiger partial charge in [0.2, 0.25) is 12.0 Å². The van der Waals surface area contributed by atoms with E-state index >= 15 is 0 Å². The molecular weight excluding hydrogens is 624 g/mol. The van der Waals surface area contributed by atoms with Crippen LogP contribution in [0.4, 0.5) is 0 Å². The van der Waals surface area contributed by atoms with Crippen LogP contribution >= 0.6 is 0 Å². The van der Waals surface area contributed by atoms with E-state index in [0.29, 0.717) is 0 Å². The number of aliphatic hydroxyl groups excluding tert-OH is 12. The zero-order valence-electron chi connectivity index (χ0n) is 23.4. The number of carboxylic acids is 1. The van der Waals surface area contributed by atoms with E-state index in [4.69, 9.17) is 38.3 Å². The van der Waals surface area contributed by atoms with Gasteiger partial charge in [0.05, 0.1) is 19.3 Å². The van der Waals surface area contributed by atoms with Gasteiger partial charge in [-0.25, -0.2) is 4.79 Å². The van der Waals surface area contributed by atoms with E-state index in [1.807, 2.05) is 0 Å². The third kappa shape index (κ3) is 7.05. The molecule has 0 amide bonds. The number of aliphatic carboxylic acids is 1. The van der Waals surface area contributed by atoms with Gasteiger partial charge >= 0.3 is 5.97 Å². The summed E-state index contributed by atoms with van der Waals surface area (Å²) in [5, 5.41) is 132. The zero-order valence-corrected chi connectivity index (χ0v) is 23.4. The maximum absolute atomic E-state index is 11.3. The summed E-state index contributed by atoms with van der Waals surface area (Å²) in [5.41, 5.74) is 0. The summed E-state index contributed by atoms with van der Waals surface area (Å²) in [7, 11) is 0. The van der Waals surface area contributed by atoms with Crippen LogP contribution in [-0.2, 0) is 38.0 Å². The molecule has 4 aliphatic heterocycles. The molecule has 0 aromatic carbocycles. The molecule has 4 rings (SSSR count). The molecule has 18 atom stereocenters. The first kappa shape index (κ1) is 36.0. The highest BCUT2D eigenvalue weighted by Crippen LogP contribution is 2.34. The maximum atomic E-state index is 11.3. The molecule has 0 spiro atoms. The van der Waals surface area contributed by atoms with Crippen LogP contribution in [0.1, 0.15) is 6.92 Å². The number of carboxylic acid groups (broad SMARTS) is 1. The Morgan fingerprint density at radius 3 is 1.76 bits per heavy atom. The molecule has 45 heavy (non-hydrogen) atoms. The van der Waals surface area contributed by atoms with Crippen LogP contribution in [0, 0.1) is 0 Å². The Labute approximate surface area is 253 Å². The SMILES string of the molecule is C[C@@H]1O[C@@H](O[C@@H]2[C@@H](O)[C@H](O)O[C@H](CO)[C@H]2O)[C@H](O)[C@H](O)[C@H]1O[C@@H]1O[C@H](CO)[C@@H](O[C@@H]2OC(C(=O)O)=C(O)[C@H](O)[C@H]2O)[C@H](O)[C@H]1O. The number of hydrogen-bond donors (Lipinski definition) is 13. The van der Waals surface area contributed by atoms with E-state index in [2.05, 4.69) is 0 Å². The van der Waals surface area contributed by atoms with Gasteiger partial charge in [-0.1, -0.05) is 0 Å². The molecule has 21 heteroatoms. The van der Waals surface area contributed by atoms with Crippen molar-refractivity contribution in [2.24, 2.45) is 0 Å². The molecule has 0 radical (unpaired) electrons. The van der Waals surface area contributed by atoms with E-state index < -0.39 is 141 Å². The molecule has 0 saturated carbocycles. The summed E-state index contributed by atoms with van der Waals surface area (Å²) in [6.45, 7) is -0.360. The summed E-state index contributed by atoms with van der Waals surface area (Å²) in [4.78, 5) is 11.3. The fraction of sp³-hybridized carbons (Fsp3) is 0.875. The lowest BCUT2D eigenvalue weighted by molar-refractivity contribution is -0.380. The van der Waals surface area contributed by atoms with Crippen molar-refractivity contribution in [2.75, 3.05) is 13.2 Å². The largest absolute Gasteiger partial charge is 0.506 e. The van der Waals surface area contributed by atoms with Gasteiger partial charge < -0.3 is 99.5 Å². The van der Waals surface area contributed by atoms with Gasteiger partial charge in [0.1, 0.15) is 79.4 Å². The maximum Gasteiger partial charge on any atom is 0.375 e. The molecule has 3 saturated heterocycles. The quantitative estimate of drug-likeness (QED) is 0.109. The first-order valence-electron chi connectivity index (χ1n) is 13.7. The molecule has 260 valence electrons. The molecule has 0 unspecified atom stereocenters. The molecule has 0 aromatic rings. The van der Waals surface area contributed by atoms with Crippen LogP contribution in [-0.4, -0.2) is 196 Å². The van der Waals surface area contributed by atoms with E-state index in [-0.39, 0.29) is 0 Å². The van der Waals surface area contributed by atoms with Crippen molar-refractivity contribution in [3.05, 3.63) is 11.5 Å². The van der Waals surface area contributed by atoms with Crippen molar-refractivity contribution >= 4 is 5.97 Å². The monoisotopic (exact) mass is 662 g/mol. The fourth-order valence-electron chi connectivity index (χ4n) is 5.29. The predicted molar refractivity (Wildman–Crippen MR) is 133 cm³/mol. The van der Waals surface area contributed by atoms with Crippen LogP contribution in [0.15, 0.2) is 11.5 Å². The first-order valence-corrected chi connectivity index (χ1v) is 13.7. The highest BCUT2D eigenvalue weighted by Gasteiger charge is 2.54. The van der Waals surface area contributed by atoms with Crippen molar-refractivity contribution in [3.63, 3.8) is 0 Å². The molecule has 4 heterocycles. The van der Waals surface area contributed by atoms with Crippen molar-refractivity contribution < 1.29 is 104 Å². The van der Waals surface area contributed by atoms with Crippen LogP contribution in [0.25, 0.3) is 0 Å². The summed E-state index contributed by atoms with van der Waals surface area (Å²) in [6, 6.07) is 0. The van der Waals surface area contributed by atoms with Crippen LogP contribution < -0.4 is 0 Å². The summed E-state index contributed by atoms with van der Waals surface area (Å²) >= 11 is 0. The van der Waals surface area contributed by atoms with Crippen LogP contribution in [0.3, 0.4) is 0 Å². The van der Waals surface area contributed by atoms with Gasteiger partial charge in [0, 0.05) is 0 Å². The van der Waals surface area contributed by atoms with Crippen molar-refractivity contribution in [1.29, 1.82) is 0 Å². The molecule has 4 aliphatic rings. The number of hydrogen-bond acceptors (Lipinski definition) is 20. The molecule has 3 fully saturated rings. The highest BCUT2D eigenvalue weighted by molar-refractivity contribution is 5.85. The smallest absolute Gasteiger partial charge is 0.375 e. The normalized spacial score (nSPS) is 49.4. The lowest BCUT2D eigenvalue weighted by atomic mass is 9.96. The Morgan fingerprint density at radius 1 is 0.644 bits per heavy atom. The van der Waals surface area contributed by atoms with Gasteiger partial charge in [-0.2, -0.15) is 0 Å². The summed E-state index contributed by atoms with van der Waals surface area (Å²) in [5.74, 6) is -4.20. The number of aliphatic hydroxyl groups is 12. The Bertz CT molecular complexity index is 1040. The Morgan fingerprint density at radius 2 is 1.18 bits per heavy atom. The van der Waals surface area contributed by atoms with Gasteiger partial charge in [0.25, 0.3) is 0 Å². The standard InChI is InChI=1S/C24H38O21/c1-4-16(10(30)13(33)22(39-4)44-18-7(27)5(2-25)40-21(38)15(18)35)42-23-14(34)11(31)17(6(3-26)41-23)43-24-12(32)8(28)9(29)19(45-24)20(36)37/h4-8,10-18,21-35,38H,2-3H2,1H3,(H,36,37)/t4-,5+,6+,7+,8-,10-,11+,12+,13+,14+,15+,16-,17+,18-,21+,22-,23-,24+/m0/s1. The molecule has 0 aromatic heterocycles. The second-order valence-corrected chi connectivity index (χ2v) is 10.9. The first-order chi connectivity index (χ1) is 21.1. The average Bonchev–Trinajstić information content (AvgIpc) is 3.00. The van der Waals surface area contributed by atoms with Crippen LogP contribution in [0.5, 0.6) is 0 Å².